The van der Waals surface area contributed by atoms with Gasteiger partial charge in [-0.25, -0.2) is 0 Å². The third kappa shape index (κ3) is 2.82. The van der Waals surface area contributed by atoms with Gasteiger partial charge in [0.2, 0.25) is 0 Å². The molecule has 4 nitrogen and oxygen atoms in total. The van der Waals surface area contributed by atoms with E-state index in [9.17, 15) is 0 Å². The molecule has 0 saturated heterocycles. The third-order valence-corrected chi connectivity index (χ3v) is 3.37. The summed E-state index contributed by atoms with van der Waals surface area (Å²) in [4.78, 5) is 0. The summed E-state index contributed by atoms with van der Waals surface area (Å²) < 4.78 is 7.29. The lowest BCUT2D eigenvalue weighted by molar-refractivity contribution is 0.456. The van der Waals surface area contributed by atoms with Crippen LogP contribution in [0.2, 0.25) is 0 Å². The monoisotopic (exact) mass is 247 g/mol. The molecule has 2 aromatic rings. The van der Waals surface area contributed by atoms with Crippen molar-refractivity contribution in [3.05, 3.63) is 41.1 Å². The Labute approximate surface area is 108 Å². The van der Waals surface area contributed by atoms with Crippen molar-refractivity contribution in [2.75, 3.05) is 0 Å². The Hall–Kier alpha value is -1.55. The first kappa shape index (κ1) is 12.9. The lowest BCUT2D eigenvalue weighted by Gasteiger charge is -2.12. The Morgan fingerprint density at radius 1 is 1.44 bits per heavy atom. The van der Waals surface area contributed by atoms with E-state index in [0.717, 1.165) is 24.4 Å². The van der Waals surface area contributed by atoms with E-state index >= 15 is 0 Å². The maximum atomic E-state index is 5.35. The van der Waals surface area contributed by atoms with Crippen LogP contribution in [0.15, 0.2) is 22.8 Å². The second kappa shape index (κ2) is 5.40. The van der Waals surface area contributed by atoms with Gasteiger partial charge < -0.3 is 9.73 Å². The maximum absolute atomic E-state index is 5.35. The number of nitrogens with zero attached hydrogens (tertiary/aromatic N) is 2. The van der Waals surface area contributed by atoms with E-state index in [1.807, 2.05) is 23.9 Å². The average molecular weight is 247 g/mol. The Morgan fingerprint density at radius 2 is 2.22 bits per heavy atom. The van der Waals surface area contributed by atoms with Gasteiger partial charge in [0.05, 0.1) is 12.0 Å². The quantitative estimate of drug-likeness (QED) is 0.882. The number of aryl methyl sites for hydroxylation is 2. The molecule has 0 aliphatic heterocycles. The molecule has 0 aliphatic rings. The number of aromatic nitrogens is 2. The van der Waals surface area contributed by atoms with Crippen molar-refractivity contribution < 1.29 is 4.42 Å². The van der Waals surface area contributed by atoms with E-state index in [1.165, 1.54) is 11.3 Å². The Bertz CT molecular complexity index is 499. The maximum Gasteiger partial charge on any atom is 0.105 e. The molecule has 98 valence electrons. The van der Waals surface area contributed by atoms with Gasteiger partial charge in [0.25, 0.3) is 0 Å². The zero-order chi connectivity index (χ0) is 13.1. The minimum Gasteiger partial charge on any atom is -0.469 e. The molecule has 0 spiro atoms. The van der Waals surface area contributed by atoms with Crippen LogP contribution in [0, 0.1) is 13.8 Å². The first-order valence-corrected chi connectivity index (χ1v) is 6.32. The number of hydrogen-bond acceptors (Lipinski definition) is 3. The Balaban J connectivity index is 1.91. The van der Waals surface area contributed by atoms with Crippen molar-refractivity contribution >= 4 is 0 Å². The first-order chi connectivity index (χ1) is 8.58. The highest BCUT2D eigenvalue weighted by molar-refractivity contribution is 5.24. The molecular weight excluding hydrogens is 226 g/mol. The van der Waals surface area contributed by atoms with Crippen LogP contribution in [0.4, 0.5) is 0 Å². The van der Waals surface area contributed by atoms with Gasteiger partial charge in [0.1, 0.15) is 5.76 Å². The molecule has 1 N–H and O–H groups in total. The van der Waals surface area contributed by atoms with E-state index in [-0.39, 0.29) is 0 Å². The molecule has 0 radical (unpaired) electrons. The molecular formula is C14H21N3O. The topological polar surface area (TPSA) is 43.0 Å². The lowest BCUT2D eigenvalue weighted by Crippen LogP contribution is -2.27. The Kier molecular flexibility index (Phi) is 3.87. The second-order valence-electron chi connectivity index (χ2n) is 4.84. The summed E-state index contributed by atoms with van der Waals surface area (Å²) in [6, 6.07) is 4.33. The van der Waals surface area contributed by atoms with Crippen LogP contribution in [-0.4, -0.2) is 15.8 Å². The predicted octanol–water partition coefficient (Wildman–Crippen LogP) is 2.35. The van der Waals surface area contributed by atoms with Crippen molar-refractivity contribution in [2.24, 2.45) is 7.05 Å². The van der Waals surface area contributed by atoms with Crippen molar-refractivity contribution in [1.82, 2.24) is 15.1 Å². The fourth-order valence-electron chi connectivity index (χ4n) is 2.15. The molecule has 2 aromatic heterocycles. The molecule has 18 heavy (non-hydrogen) atoms. The standard InChI is InChI=1S/C14H21N3O/c1-10(8-13-6-5-7-18-13)15-9-14-11(2)16-17(4)12(14)3/h5-7,10,15H,8-9H2,1-4H3. The SMILES string of the molecule is Cc1nn(C)c(C)c1CNC(C)Cc1ccco1. The zero-order valence-electron chi connectivity index (χ0n) is 11.5. The first-order valence-electron chi connectivity index (χ1n) is 6.32. The van der Waals surface area contributed by atoms with Crippen molar-refractivity contribution in [3.63, 3.8) is 0 Å². The fraction of sp³-hybridized carbons (Fsp3) is 0.500. The van der Waals surface area contributed by atoms with Crippen LogP contribution in [0.25, 0.3) is 0 Å². The lowest BCUT2D eigenvalue weighted by atomic mass is 10.1. The summed E-state index contributed by atoms with van der Waals surface area (Å²) in [5, 5.41) is 7.94. The van der Waals surface area contributed by atoms with Gasteiger partial charge in [-0.2, -0.15) is 5.10 Å². The molecule has 0 aliphatic carbocycles. The summed E-state index contributed by atoms with van der Waals surface area (Å²) in [6.07, 6.45) is 2.63. The molecule has 2 heterocycles. The fourth-order valence-corrected chi connectivity index (χ4v) is 2.15. The van der Waals surface area contributed by atoms with E-state index in [1.54, 1.807) is 6.26 Å². The van der Waals surface area contributed by atoms with Gasteiger partial charge in [-0.05, 0) is 32.9 Å². The molecule has 0 fully saturated rings. The van der Waals surface area contributed by atoms with Crippen molar-refractivity contribution in [1.29, 1.82) is 0 Å². The summed E-state index contributed by atoms with van der Waals surface area (Å²) in [5.74, 6) is 1.02. The molecule has 2 rings (SSSR count). The second-order valence-corrected chi connectivity index (χ2v) is 4.84. The highest BCUT2D eigenvalue weighted by atomic mass is 16.3. The van der Waals surface area contributed by atoms with Crippen LogP contribution in [0.3, 0.4) is 0 Å². The average Bonchev–Trinajstić information content (AvgIpc) is 2.88. The number of hydrogen-bond donors (Lipinski definition) is 1. The summed E-state index contributed by atoms with van der Waals surface area (Å²) in [5.41, 5.74) is 3.63. The highest BCUT2D eigenvalue weighted by Crippen LogP contribution is 2.12. The van der Waals surface area contributed by atoms with Crippen LogP contribution in [0.5, 0.6) is 0 Å². The van der Waals surface area contributed by atoms with E-state index in [0.29, 0.717) is 6.04 Å². The van der Waals surface area contributed by atoms with E-state index in [4.69, 9.17) is 4.42 Å². The molecule has 1 unspecified atom stereocenters. The number of furan rings is 1. The minimum absolute atomic E-state index is 0.384. The largest absolute Gasteiger partial charge is 0.469 e. The van der Waals surface area contributed by atoms with Gasteiger partial charge >= 0.3 is 0 Å². The van der Waals surface area contributed by atoms with E-state index in [2.05, 4.69) is 31.2 Å². The van der Waals surface area contributed by atoms with Gasteiger partial charge in [-0.1, -0.05) is 0 Å². The van der Waals surface area contributed by atoms with Gasteiger partial charge in [-0.15, -0.1) is 0 Å². The van der Waals surface area contributed by atoms with Gasteiger partial charge in [0.15, 0.2) is 0 Å². The normalized spacial score (nSPS) is 12.9. The highest BCUT2D eigenvalue weighted by Gasteiger charge is 2.11. The van der Waals surface area contributed by atoms with Crippen molar-refractivity contribution in [3.8, 4) is 0 Å². The Morgan fingerprint density at radius 3 is 2.78 bits per heavy atom. The predicted molar refractivity (Wildman–Crippen MR) is 71.4 cm³/mol. The zero-order valence-corrected chi connectivity index (χ0v) is 11.5. The molecule has 0 amide bonds. The number of rotatable bonds is 5. The van der Waals surface area contributed by atoms with Gasteiger partial charge in [0, 0.05) is 37.3 Å². The van der Waals surface area contributed by atoms with E-state index < -0.39 is 0 Å². The third-order valence-electron chi connectivity index (χ3n) is 3.37. The summed E-state index contributed by atoms with van der Waals surface area (Å²) in [6.45, 7) is 7.19. The molecule has 4 heteroatoms. The smallest absolute Gasteiger partial charge is 0.105 e. The molecule has 1 atom stereocenters. The molecule has 0 aromatic carbocycles. The van der Waals surface area contributed by atoms with Crippen LogP contribution in [-0.2, 0) is 20.0 Å². The molecule has 0 bridgehead atoms. The minimum atomic E-state index is 0.384. The summed E-state index contributed by atoms with van der Waals surface area (Å²) >= 11 is 0. The number of nitrogens with one attached hydrogen (secondary N) is 1. The van der Waals surface area contributed by atoms with Crippen LogP contribution >= 0.6 is 0 Å². The van der Waals surface area contributed by atoms with Gasteiger partial charge in [-0.3, -0.25) is 4.68 Å². The van der Waals surface area contributed by atoms with Crippen molar-refractivity contribution in [2.45, 2.75) is 39.8 Å². The molecule has 0 saturated carbocycles. The summed E-state index contributed by atoms with van der Waals surface area (Å²) in [7, 11) is 1.98. The van der Waals surface area contributed by atoms with Crippen LogP contribution in [0.1, 0.15) is 29.6 Å². The van der Waals surface area contributed by atoms with Crippen LogP contribution < -0.4 is 5.32 Å².